The molecule has 0 saturated heterocycles. The van der Waals surface area contributed by atoms with Gasteiger partial charge in [-0.05, 0) is 30.4 Å². The third kappa shape index (κ3) is 2.16. The standard InChI is InChI=1S/C12H13NO.C2H6/c1-3-11-8(2)9-6-4-5-7-10(9)12(14)13-11;1-2/h4-7H,3H2,1-2H3,(H,13,14);1-2H3. The first-order valence-electron chi connectivity index (χ1n) is 5.84. The number of fused-ring (bicyclic) bond motifs is 1. The quantitative estimate of drug-likeness (QED) is 0.780. The number of aromatic nitrogens is 1. The van der Waals surface area contributed by atoms with Crippen molar-refractivity contribution in [3.63, 3.8) is 0 Å². The predicted octanol–water partition coefficient (Wildman–Crippen LogP) is 3.43. The van der Waals surface area contributed by atoms with Gasteiger partial charge >= 0.3 is 0 Å². The van der Waals surface area contributed by atoms with Crippen molar-refractivity contribution in [3.8, 4) is 0 Å². The van der Waals surface area contributed by atoms with Crippen LogP contribution in [0.1, 0.15) is 32.0 Å². The maximum atomic E-state index is 11.7. The lowest BCUT2D eigenvalue weighted by Crippen LogP contribution is -2.10. The minimum atomic E-state index is 0.0167. The van der Waals surface area contributed by atoms with Crippen LogP contribution in [0.3, 0.4) is 0 Å². The topological polar surface area (TPSA) is 32.9 Å². The fourth-order valence-corrected chi connectivity index (χ4v) is 1.82. The van der Waals surface area contributed by atoms with Crippen LogP contribution in [0.2, 0.25) is 0 Å². The average Bonchev–Trinajstić information content (AvgIpc) is 2.36. The molecule has 0 unspecified atom stereocenters. The Labute approximate surface area is 96.3 Å². The molecule has 86 valence electrons. The minimum Gasteiger partial charge on any atom is -0.325 e. The van der Waals surface area contributed by atoms with Crippen LogP contribution >= 0.6 is 0 Å². The predicted molar refractivity (Wildman–Crippen MR) is 70.0 cm³/mol. The molecule has 0 aliphatic heterocycles. The monoisotopic (exact) mass is 217 g/mol. The minimum absolute atomic E-state index is 0.0167. The van der Waals surface area contributed by atoms with Crippen LogP contribution in [0.25, 0.3) is 10.8 Å². The molecule has 2 heteroatoms. The van der Waals surface area contributed by atoms with Crippen LogP contribution in [0.4, 0.5) is 0 Å². The molecule has 0 atom stereocenters. The summed E-state index contributed by atoms with van der Waals surface area (Å²) in [6.07, 6.45) is 0.867. The van der Waals surface area contributed by atoms with E-state index in [0.29, 0.717) is 0 Å². The van der Waals surface area contributed by atoms with Crippen molar-refractivity contribution in [2.75, 3.05) is 0 Å². The van der Waals surface area contributed by atoms with Crippen LogP contribution in [0, 0.1) is 6.92 Å². The summed E-state index contributed by atoms with van der Waals surface area (Å²) in [5, 5.41) is 1.84. The molecule has 1 aromatic carbocycles. The first-order valence-corrected chi connectivity index (χ1v) is 5.84. The molecule has 2 nitrogen and oxygen atoms in total. The Hall–Kier alpha value is -1.57. The van der Waals surface area contributed by atoms with Gasteiger partial charge in [0, 0.05) is 11.1 Å². The Kier molecular flexibility index (Phi) is 4.29. The van der Waals surface area contributed by atoms with Gasteiger partial charge in [-0.3, -0.25) is 4.79 Å². The van der Waals surface area contributed by atoms with E-state index in [9.17, 15) is 4.79 Å². The SMILES string of the molecule is CC.CCc1[nH]c(=O)c2ccccc2c1C. The molecule has 0 radical (unpaired) electrons. The first-order chi connectivity index (χ1) is 7.74. The smallest absolute Gasteiger partial charge is 0.256 e. The summed E-state index contributed by atoms with van der Waals surface area (Å²) in [6.45, 7) is 8.10. The number of pyridine rings is 1. The normalized spacial score (nSPS) is 9.75. The highest BCUT2D eigenvalue weighted by Crippen LogP contribution is 2.16. The number of hydrogen-bond acceptors (Lipinski definition) is 1. The molecule has 1 aromatic heterocycles. The molecule has 0 aliphatic rings. The summed E-state index contributed by atoms with van der Waals surface area (Å²) in [6, 6.07) is 7.72. The van der Waals surface area contributed by atoms with Crippen LogP contribution < -0.4 is 5.56 Å². The molecule has 0 aliphatic carbocycles. The first kappa shape index (κ1) is 12.5. The van der Waals surface area contributed by atoms with Crippen LogP contribution in [0.5, 0.6) is 0 Å². The fraction of sp³-hybridized carbons (Fsp3) is 0.357. The molecule has 0 spiro atoms. The van der Waals surface area contributed by atoms with Crippen molar-refractivity contribution in [2.45, 2.75) is 34.1 Å². The molecule has 2 rings (SSSR count). The highest BCUT2D eigenvalue weighted by Gasteiger charge is 2.04. The number of hydrogen-bond donors (Lipinski definition) is 1. The Balaban J connectivity index is 0.000000606. The van der Waals surface area contributed by atoms with Gasteiger partial charge < -0.3 is 4.98 Å². The molecular formula is C14H19NO. The van der Waals surface area contributed by atoms with Gasteiger partial charge in [-0.2, -0.15) is 0 Å². The molecule has 0 saturated carbocycles. The molecule has 0 fully saturated rings. The van der Waals surface area contributed by atoms with E-state index in [1.807, 2.05) is 45.0 Å². The summed E-state index contributed by atoms with van der Waals surface area (Å²) >= 11 is 0. The van der Waals surface area contributed by atoms with Gasteiger partial charge in [-0.25, -0.2) is 0 Å². The number of H-pyrrole nitrogens is 1. The summed E-state index contributed by atoms with van der Waals surface area (Å²) in [7, 11) is 0. The number of rotatable bonds is 1. The summed E-state index contributed by atoms with van der Waals surface area (Å²) in [5.41, 5.74) is 2.24. The van der Waals surface area contributed by atoms with Gasteiger partial charge in [0.25, 0.3) is 5.56 Å². The fourth-order valence-electron chi connectivity index (χ4n) is 1.82. The van der Waals surface area contributed by atoms with E-state index < -0.39 is 0 Å². The van der Waals surface area contributed by atoms with Crippen LogP contribution in [-0.2, 0) is 6.42 Å². The van der Waals surface area contributed by atoms with Gasteiger partial charge in [-0.1, -0.05) is 39.0 Å². The lowest BCUT2D eigenvalue weighted by Gasteiger charge is -2.06. The van der Waals surface area contributed by atoms with E-state index in [0.717, 1.165) is 22.9 Å². The largest absolute Gasteiger partial charge is 0.325 e. The Morgan fingerprint density at radius 1 is 1.12 bits per heavy atom. The van der Waals surface area contributed by atoms with Crippen LogP contribution in [-0.4, -0.2) is 4.98 Å². The van der Waals surface area contributed by atoms with Gasteiger partial charge in [0.15, 0.2) is 0 Å². The zero-order valence-electron chi connectivity index (χ0n) is 10.4. The van der Waals surface area contributed by atoms with Crippen molar-refractivity contribution >= 4 is 10.8 Å². The zero-order valence-corrected chi connectivity index (χ0v) is 10.4. The van der Waals surface area contributed by atoms with E-state index in [1.165, 1.54) is 5.56 Å². The second-order valence-corrected chi connectivity index (χ2v) is 3.46. The van der Waals surface area contributed by atoms with Crippen molar-refractivity contribution in [3.05, 3.63) is 45.9 Å². The number of benzene rings is 1. The molecular weight excluding hydrogens is 198 g/mol. The third-order valence-electron chi connectivity index (χ3n) is 2.65. The van der Waals surface area contributed by atoms with E-state index in [-0.39, 0.29) is 5.56 Å². The lowest BCUT2D eigenvalue weighted by molar-refractivity contribution is 1.00. The van der Waals surface area contributed by atoms with E-state index in [4.69, 9.17) is 0 Å². The van der Waals surface area contributed by atoms with E-state index in [1.54, 1.807) is 0 Å². The van der Waals surface area contributed by atoms with Crippen molar-refractivity contribution < 1.29 is 0 Å². The second kappa shape index (κ2) is 5.50. The highest BCUT2D eigenvalue weighted by molar-refractivity contribution is 5.85. The summed E-state index contributed by atoms with van der Waals surface area (Å²) in [4.78, 5) is 14.6. The van der Waals surface area contributed by atoms with Gasteiger partial charge in [0.05, 0.1) is 0 Å². The Morgan fingerprint density at radius 2 is 1.69 bits per heavy atom. The van der Waals surface area contributed by atoms with Gasteiger partial charge in [0.1, 0.15) is 0 Å². The molecule has 1 heterocycles. The Morgan fingerprint density at radius 3 is 2.25 bits per heavy atom. The van der Waals surface area contributed by atoms with E-state index in [2.05, 4.69) is 11.9 Å². The average molecular weight is 217 g/mol. The summed E-state index contributed by atoms with van der Waals surface area (Å²) in [5.74, 6) is 0. The van der Waals surface area contributed by atoms with Gasteiger partial charge in [-0.15, -0.1) is 0 Å². The Bertz CT molecular complexity index is 526. The third-order valence-corrected chi connectivity index (χ3v) is 2.65. The highest BCUT2D eigenvalue weighted by atomic mass is 16.1. The molecule has 0 bridgehead atoms. The van der Waals surface area contributed by atoms with Crippen molar-refractivity contribution in [2.24, 2.45) is 0 Å². The second-order valence-electron chi connectivity index (χ2n) is 3.46. The van der Waals surface area contributed by atoms with Crippen LogP contribution in [0.15, 0.2) is 29.1 Å². The van der Waals surface area contributed by atoms with Crippen molar-refractivity contribution in [1.82, 2.24) is 4.98 Å². The molecule has 1 N–H and O–H groups in total. The lowest BCUT2D eigenvalue weighted by atomic mass is 10.0. The number of aromatic amines is 1. The molecule has 16 heavy (non-hydrogen) atoms. The zero-order chi connectivity index (χ0) is 12.1. The van der Waals surface area contributed by atoms with Gasteiger partial charge in [0.2, 0.25) is 0 Å². The maximum absolute atomic E-state index is 11.7. The number of aryl methyl sites for hydroxylation is 2. The maximum Gasteiger partial charge on any atom is 0.256 e. The number of nitrogens with one attached hydrogen (secondary N) is 1. The summed E-state index contributed by atoms with van der Waals surface area (Å²) < 4.78 is 0. The molecule has 2 aromatic rings. The van der Waals surface area contributed by atoms with E-state index >= 15 is 0 Å². The van der Waals surface area contributed by atoms with Crippen molar-refractivity contribution in [1.29, 1.82) is 0 Å². The molecule has 0 amide bonds.